The topological polar surface area (TPSA) is 22.1 Å². The number of hydrogen-bond donors (Lipinski definition) is 0. The maximum absolute atomic E-state index is 6.00. The molecule has 1 aromatic heterocycles. The third-order valence-corrected chi connectivity index (χ3v) is 2.85. The van der Waals surface area contributed by atoms with E-state index in [1.165, 1.54) is 0 Å². The van der Waals surface area contributed by atoms with E-state index < -0.39 is 0 Å². The molecule has 0 bridgehead atoms. The van der Waals surface area contributed by atoms with Crippen LogP contribution in [0.15, 0.2) is 36.5 Å². The van der Waals surface area contributed by atoms with Crippen molar-refractivity contribution in [3.63, 3.8) is 0 Å². The van der Waals surface area contributed by atoms with Gasteiger partial charge >= 0.3 is 0 Å². The lowest BCUT2D eigenvalue weighted by Gasteiger charge is -2.08. The van der Waals surface area contributed by atoms with Gasteiger partial charge in [0.25, 0.3) is 0 Å². The molecule has 2 aromatic rings. The van der Waals surface area contributed by atoms with Gasteiger partial charge in [0.1, 0.15) is 11.5 Å². The summed E-state index contributed by atoms with van der Waals surface area (Å²) in [6, 6.07) is 8.55. The summed E-state index contributed by atoms with van der Waals surface area (Å²) in [4.78, 5) is 4.07. The van der Waals surface area contributed by atoms with Crippen molar-refractivity contribution in [3.05, 3.63) is 52.3 Å². The van der Waals surface area contributed by atoms with Crippen molar-refractivity contribution in [1.29, 1.82) is 0 Å². The average molecular weight is 289 g/mol. The molecule has 17 heavy (non-hydrogen) atoms. The van der Waals surface area contributed by atoms with Crippen LogP contribution in [0.1, 0.15) is 5.69 Å². The molecule has 1 heterocycles. The number of rotatable bonds is 3. The highest BCUT2D eigenvalue weighted by molar-refractivity contribution is 6.35. The predicted molar refractivity (Wildman–Crippen MR) is 70.3 cm³/mol. The normalized spacial score (nSPS) is 10.3. The SMILES string of the molecule is ClCc1cc(Oc2ccc(Cl)cc2Cl)ccn1. The van der Waals surface area contributed by atoms with Gasteiger partial charge in [0, 0.05) is 17.3 Å². The largest absolute Gasteiger partial charge is 0.456 e. The van der Waals surface area contributed by atoms with Crippen molar-refractivity contribution < 1.29 is 4.74 Å². The summed E-state index contributed by atoms with van der Waals surface area (Å²) < 4.78 is 5.62. The first-order valence-electron chi connectivity index (χ1n) is 4.83. The average Bonchev–Trinajstić information content (AvgIpc) is 2.33. The van der Waals surface area contributed by atoms with E-state index in [4.69, 9.17) is 39.5 Å². The maximum atomic E-state index is 6.00. The van der Waals surface area contributed by atoms with E-state index in [2.05, 4.69) is 4.98 Å². The number of aromatic nitrogens is 1. The Morgan fingerprint density at radius 3 is 2.65 bits per heavy atom. The van der Waals surface area contributed by atoms with Crippen LogP contribution in [0.25, 0.3) is 0 Å². The fourth-order valence-electron chi connectivity index (χ4n) is 1.28. The predicted octanol–water partition coefficient (Wildman–Crippen LogP) is 4.92. The van der Waals surface area contributed by atoms with Gasteiger partial charge in [0.15, 0.2) is 0 Å². The van der Waals surface area contributed by atoms with Crippen LogP contribution in [0.2, 0.25) is 10.0 Å². The molecule has 88 valence electrons. The van der Waals surface area contributed by atoms with Crippen molar-refractivity contribution in [2.45, 2.75) is 5.88 Å². The number of halogens is 3. The Hall–Kier alpha value is -0.960. The van der Waals surface area contributed by atoms with Crippen LogP contribution in [-0.4, -0.2) is 4.98 Å². The Bertz CT molecular complexity index is 531. The van der Waals surface area contributed by atoms with Crippen molar-refractivity contribution in [3.8, 4) is 11.5 Å². The second kappa shape index (κ2) is 5.58. The molecule has 2 nitrogen and oxygen atoms in total. The van der Waals surface area contributed by atoms with Gasteiger partial charge in [-0.1, -0.05) is 23.2 Å². The van der Waals surface area contributed by atoms with Gasteiger partial charge in [0.2, 0.25) is 0 Å². The molecule has 2 rings (SSSR count). The lowest BCUT2D eigenvalue weighted by atomic mass is 10.3. The standard InChI is InChI=1S/C12H8Cl3NO/c13-7-9-6-10(3-4-16-9)17-12-2-1-8(14)5-11(12)15/h1-6H,7H2. The number of benzene rings is 1. The third-order valence-electron chi connectivity index (χ3n) is 2.05. The van der Waals surface area contributed by atoms with Gasteiger partial charge < -0.3 is 4.74 Å². The highest BCUT2D eigenvalue weighted by atomic mass is 35.5. The van der Waals surface area contributed by atoms with E-state index in [9.17, 15) is 0 Å². The fraction of sp³-hybridized carbons (Fsp3) is 0.0833. The molecule has 1 aromatic carbocycles. The van der Waals surface area contributed by atoms with Gasteiger partial charge in [-0.2, -0.15) is 0 Å². The minimum Gasteiger partial charge on any atom is -0.456 e. The van der Waals surface area contributed by atoms with Crippen molar-refractivity contribution >= 4 is 34.8 Å². The Kier molecular flexibility index (Phi) is 4.11. The van der Waals surface area contributed by atoms with Gasteiger partial charge in [-0.3, -0.25) is 4.98 Å². The van der Waals surface area contributed by atoms with Crippen LogP contribution in [0.4, 0.5) is 0 Å². The van der Waals surface area contributed by atoms with Crippen LogP contribution in [-0.2, 0) is 5.88 Å². The molecule has 0 radical (unpaired) electrons. The summed E-state index contributed by atoms with van der Waals surface area (Å²) in [7, 11) is 0. The van der Waals surface area contributed by atoms with Crippen LogP contribution < -0.4 is 4.74 Å². The third kappa shape index (κ3) is 3.25. The van der Waals surface area contributed by atoms with E-state index in [1.807, 2.05) is 0 Å². The summed E-state index contributed by atoms with van der Waals surface area (Å²) in [6.45, 7) is 0. The molecule has 5 heteroatoms. The van der Waals surface area contributed by atoms with E-state index in [0.29, 0.717) is 27.4 Å². The van der Waals surface area contributed by atoms with E-state index in [0.717, 1.165) is 5.69 Å². The molecule has 0 saturated heterocycles. The Balaban J connectivity index is 2.25. The molecular formula is C12H8Cl3NO. The molecule has 0 aliphatic heterocycles. The summed E-state index contributed by atoms with van der Waals surface area (Å²) >= 11 is 17.5. The van der Waals surface area contributed by atoms with Crippen LogP contribution in [0, 0.1) is 0 Å². The minimum atomic E-state index is 0.339. The lowest BCUT2D eigenvalue weighted by Crippen LogP contribution is -1.89. The molecule has 0 aliphatic carbocycles. The Morgan fingerprint density at radius 1 is 1.12 bits per heavy atom. The molecular weight excluding hydrogens is 280 g/mol. The second-order valence-corrected chi connectivity index (χ2v) is 4.40. The first-order valence-corrected chi connectivity index (χ1v) is 6.12. The Morgan fingerprint density at radius 2 is 1.94 bits per heavy atom. The zero-order chi connectivity index (χ0) is 12.3. The van der Waals surface area contributed by atoms with Crippen molar-refractivity contribution in [2.24, 2.45) is 0 Å². The van der Waals surface area contributed by atoms with Crippen molar-refractivity contribution in [2.75, 3.05) is 0 Å². The first kappa shape index (κ1) is 12.5. The highest BCUT2D eigenvalue weighted by Crippen LogP contribution is 2.31. The number of ether oxygens (including phenoxy) is 1. The van der Waals surface area contributed by atoms with E-state index in [-0.39, 0.29) is 0 Å². The molecule has 0 spiro atoms. The highest BCUT2D eigenvalue weighted by Gasteiger charge is 2.04. The summed E-state index contributed by atoms with van der Waals surface area (Å²) in [5, 5.41) is 1.03. The monoisotopic (exact) mass is 287 g/mol. The molecule has 0 amide bonds. The molecule has 0 saturated carbocycles. The Labute approximate surface area is 114 Å². The summed E-state index contributed by atoms with van der Waals surface area (Å²) in [6.07, 6.45) is 1.64. The molecule has 0 unspecified atom stereocenters. The zero-order valence-electron chi connectivity index (χ0n) is 8.66. The first-order chi connectivity index (χ1) is 8.19. The summed E-state index contributed by atoms with van der Waals surface area (Å²) in [5.41, 5.74) is 0.745. The van der Waals surface area contributed by atoms with Crippen molar-refractivity contribution in [1.82, 2.24) is 4.98 Å². The van der Waals surface area contributed by atoms with Gasteiger partial charge in [-0.15, -0.1) is 11.6 Å². The van der Waals surface area contributed by atoms with Gasteiger partial charge in [-0.05, 0) is 24.3 Å². The molecule has 0 fully saturated rings. The van der Waals surface area contributed by atoms with Crippen LogP contribution >= 0.6 is 34.8 Å². The molecule has 0 atom stereocenters. The zero-order valence-corrected chi connectivity index (χ0v) is 10.9. The number of alkyl halides is 1. The van der Waals surface area contributed by atoms with Gasteiger partial charge in [-0.25, -0.2) is 0 Å². The smallest absolute Gasteiger partial charge is 0.146 e. The lowest BCUT2D eigenvalue weighted by molar-refractivity contribution is 0.481. The second-order valence-electron chi connectivity index (χ2n) is 3.29. The number of pyridine rings is 1. The molecule has 0 aliphatic rings. The van der Waals surface area contributed by atoms with Crippen LogP contribution in [0.5, 0.6) is 11.5 Å². The summed E-state index contributed by atoms with van der Waals surface area (Å²) in [5.74, 6) is 1.52. The van der Waals surface area contributed by atoms with Gasteiger partial charge in [0.05, 0.1) is 16.6 Å². The van der Waals surface area contributed by atoms with E-state index in [1.54, 1.807) is 36.5 Å². The van der Waals surface area contributed by atoms with Crippen LogP contribution in [0.3, 0.4) is 0 Å². The maximum Gasteiger partial charge on any atom is 0.146 e. The number of nitrogens with zero attached hydrogens (tertiary/aromatic N) is 1. The number of hydrogen-bond acceptors (Lipinski definition) is 2. The van der Waals surface area contributed by atoms with E-state index >= 15 is 0 Å². The minimum absolute atomic E-state index is 0.339. The fourth-order valence-corrected chi connectivity index (χ4v) is 1.87. The molecule has 0 N–H and O–H groups in total. The quantitative estimate of drug-likeness (QED) is 0.748.